The Morgan fingerprint density at radius 1 is 0.913 bits per heavy atom. The van der Waals surface area contributed by atoms with Gasteiger partial charge < -0.3 is 9.72 Å². The molecule has 0 aliphatic rings. The lowest BCUT2D eigenvalue weighted by Crippen LogP contribution is -2.34. The van der Waals surface area contributed by atoms with E-state index >= 15 is 0 Å². The zero-order valence-electron chi connectivity index (χ0n) is 12.4. The maximum atomic E-state index is 11.8. The third kappa shape index (κ3) is 3.77. The van der Waals surface area contributed by atoms with Crippen LogP contribution in [-0.4, -0.2) is 9.55 Å². The van der Waals surface area contributed by atoms with Crippen molar-refractivity contribution >= 4 is 0 Å². The maximum absolute atomic E-state index is 11.8. The topological polar surface area (TPSA) is 64.1 Å². The van der Waals surface area contributed by atoms with Crippen molar-refractivity contribution in [1.82, 2.24) is 9.55 Å². The second-order valence-electron chi connectivity index (χ2n) is 5.13. The molecular weight excluding hydrogens is 292 g/mol. The highest BCUT2D eigenvalue weighted by Crippen LogP contribution is 2.15. The van der Waals surface area contributed by atoms with Crippen molar-refractivity contribution in [2.24, 2.45) is 0 Å². The zero-order valence-corrected chi connectivity index (χ0v) is 12.4. The van der Waals surface area contributed by atoms with Gasteiger partial charge in [-0.2, -0.15) is 0 Å². The van der Waals surface area contributed by atoms with Crippen molar-refractivity contribution in [2.45, 2.75) is 13.2 Å². The maximum Gasteiger partial charge on any atom is 0.328 e. The van der Waals surface area contributed by atoms with Gasteiger partial charge in [0.05, 0.1) is 6.54 Å². The average Bonchev–Trinajstić information content (AvgIpc) is 2.58. The SMILES string of the molecule is O=c1cc[nH]c(=O)n1Cc1cccc(OCc2ccccc2)c1. The predicted molar refractivity (Wildman–Crippen MR) is 87.6 cm³/mol. The highest BCUT2D eigenvalue weighted by atomic mass is 16.5. The number of benzene rings is 2. The first-order chi connectivity index (χ1) is 11.2. The Bertz CT molecular complexity index is 869. The summed E-state index contributed by atoms with van der Waals surface area (Å²) in [5, 5.41) is 0. The van der Waals surface area contributed by atoms with Crippen LogP contribution in [0, 0.1) is 0 Å². The van der Waals surface area contributed by atoms with Gasteiger partial charge in [-0.05, 0) is 23.3 Å². The van der Waals surface area contributed by atoms with Crippen LogP contribution in [0.15, 0.2) is 76.4 Å². The van der Waals surface area contributed by atoms with E-state index in [2.05, 4.69) is 4.98 Å². The first kappa shape index (κ1) is 14.8. The smallest absolute Gasteiger partial charge is 0.328 e. The van der Waals surface area contributed by atoms with Gasteiger partial charge in [0.15, 0.2) is 0 Å². The second-order valence-corrected chi connectivity index (χ2v) is 5.13. The lowest BCUT2D eigenvalue weighted by molar-refractivity contribution is 0.306. The van der Waals surface area contributed by atoms with Crippen molar-refractivity contribution in [3.05, 3.63) is 98.8 Å². The molecule has 0 aliphatic carbocycles. The third-order valence-corrected chi connectivity index (χ3v) is 3.43. The fraction of sp³-hybridized carbons (Fsp3) is 0.111. The fourth-order valence-electron chi connectivity index (χ4n) is 2.26. The van der Waals surface area contributed by atoms with E-state index in [1.54, 1.807) is 0 Å². The Labute approximate surface area is 132 Å². The standard InChI is InChI=1S/C18H16N2O3/c21-17-9-10-19-18(22)20(17)12-15-7-4-8-16(11-15)23-13-14-5-2-1-3-6-14/h1-11H,12-13H2,(H,19,22). The monoisotopic (exact) mass is 308 g/mol. The summed E-state index contributed by atoms with van der Waals surface area (Å²) in [6, 6.07) is 18.6. The van der Waals surface area contributed by atoms with Crippen LogP contribution in [0.3, 0.4) is 0 Å². The molecule has 0 aliphatic heterocycles. The van der Waals surface area contributed by atoms with Gasteiger partial charge in [-0.3, -0.25) is 9.36 Å². The van der Waals surface area contributed by atoms with Gasteiger partial charge in [-0.15, -0.1) is 0 Å². The van der Waals surface area contributed by atoms with Crippen LogP contribution in [-0.2, 0) is 13.2 Å². The number of aromatic nitrogens is 2. The average molecular weight is 308 g/mol. The quantitative estimate of drug-likeness (QED) is 0.785. The molecule has 116 valence electrons. The molecule has 0 amide bonds. The van der Waals surface area contributed by atoms with Crippen molar-refractivity contribution in [1.29, 1.82) is 0 Å². The number of hydrogen-bond donors (Lipinski definition) is 1. The Morgan fingerprint density at radius 3 is 2.48 bits per heavy atom. The lowest BCUT2D eigenvalue weighted by atomic mass is 10.2. The molecule has 1 heterocycles. The molecule has 2 aromatic carbocycles. The molecule has 1 N–H and O–H groups in total. The van der Waals surface area contributed by atoms with Crippen LogP contribution >= 0.6 is 0 Å². The Hall–Kier alpha value is -3.08. The van der Waals surface area contributed by atoms with E-state index in [9.17, 15) is 9.59 Å². The minimum Gasteiger partial charge on any atom is -0.489 e. The van der Waals surface area contributed by atoms with Gasteiger partial charge in [0, 0.05) is 12.3 Å². The van der Waals surface area contributed by atoms with E-state index in [-0.39, 0.29) is 12.1 Å². The molecule has 23 heavy (non-hydrogen) atoms. The molecule has 5 nitrogen and oxygen atoms in total. The minimum absolute atomic E-state index is 0.206. The van der Waals surface area contributed by atoms with Crippen molar-refractivity contribution in [2.75, 3.05) is 0 Å². The van der Waals surface area contributed by atoms with Gasteiger partial charge in [0.1, 0.15) is 12.4 Å². The summed E-state index contributed by atoms with van der Waals surface area (Å²) in [7, 11) is 0. The summed E-state index contributed by atoms with van der Waals surface area (Å²) in [5.74, 6) is 0.701. The van der Waals surface area contributed by atoms with E-state index in [1.165, 1.54) is 12.3 Å². The van der Waals surface area contributed by atoms with Crippen LogP contribution in [0.4, 0.5) is 0 Å². The number of nitrogens with zero attached hydrogens (tertiary/aromatic N) is 1. The summed E-state index contributed by atoms with van der Waals surface area (Å²) in [6.45, 7) is 0.674. The van der Waals surface area contributed by atoms with E-state index in [1.807, 2.05) is 54.6 Å². The fourth-order valence-corrected chi connectivity index (χ4v) is 2.26. The Morgan fingerprint density at radius 2 is 1.70 bits per heavy atom. The molecule has 0 bridgehead atoms. The zero-order chi connectivity index (χ0) is 16.1. The normalized spacial score (nSPS) is 10.4. The molecule has 0 saturated carbocycles. The van der Waals surface area contributed by atoms with Gasteiger partial charge in [0.2, 0.25) is 0 Å². The first-order valence-corrected chi connectivity index (χ1v) is 7.26. The van der Waals surface area contributed by atoms with E-state index in [0.29, 0.717) is 12.4 Å². The molecule has 3 aromatic rings. The van der Waals surface area contributed by atoms with Crippen molar-refractivity contribution in [3.63, 3.8) is 0 Å². The van der Waals surface area contributed by atoms with E-state index < -0.39 is 5.69 Å². The number of H-pyrrole nitrogens is 1. The third-order valence-electron chi connectivity index (χ3n) is 3.43. The van der Waals surface area contributed by atoms with E-state index in [4.69, 9.17) is 4.74 Å². The Kier molecular flexibility index (Phi) is 4.38. The molecule has 0 atom stereocenters. The summed E-state index contributed by atoms with van der Waals surface area (Å²) >= 11 is 0. The number of hydrogen-bond acceptors (Lipinski definition) is 3. The summed E-state index contributed by atoms with van der Waals surface area (Å²) in [6.07, 6.45) is 1.35. The van der Waals surface area contributed by atoms with E-state index in [0.717, 1.165) is 15.7 Å². The van der Waals surface area contributed by atoms with Gasteiger partial charge in [-0.25, -0.2) is 4.79 Å². The minimum atomic E-state index is -0.423. The van der Waals surface area contributed by atoms with Crippen LogP contribution < -0.4 is 16.0 Å². The molecule has 0 radical (unpaired) electrons. The summed E-state index contributed by atoms with van der Waals surface area (Å²) < 4.78 is 6.91. The number of rotatable bonds is 5. The van der Waals surface area contributed by atoms with Gasteiger partial charge >= 0.3 is 5.69 Å². The van der Waals surface area contributed by atoms with Crippen molar-refractivity contribution < 1.29 is 4.74 Å². The number of aromatic amines is 1. The van der Waals surface area contributed by atoms with Crippen LogP contribution in [0.5, 0.6) is 5.75 Å². The lowest BCUT2D eigenvalue weighted by Gasteiger charge is -2.09. The first-order valence-electron chi connectivity index (χ1n) is 7.26. The molecule has 1 aromatic heterocycles. The molecule has 0 spiro atoms. The molecular formula is C18H16N2O3. The van der Waals surface area contributed by atoms with Crippen LogP contribution in [0.2, 0.25) is 0 Å². The van der Waals surface area contributed by atoms with Crippen molar-refractivity contribution in [3.8, 4) is 5.75 Å². The van der Waals surface area contributed by atoms with Gasteiger partial charge in [-0.1, -0.05) is 42.5 Å². The molecule has 0 fully saturated rings. The molecule has 0 saturated heterocycles. The highest BCUT2D eigenvalue weighted by molar-refractivity contribution is 5.29. The largest absolute Gasteiger partial charge is 0.489 e. The summed E-state index contributed by atoms with van der Waals surface area (Å²) in [4.78, 5) is 26.0. The molecule has 0 unspecified atom stereocenters. The predicted octanol–water partition coefficient (Wildman–Crippen LogP) is 2.16. The van der Waals surface area contributed by atoms with Crippen LogP contribution in [0.25, 0.3) is 0 Å². The van der Waals surface area contributed by atoms with Gasteiger partial charge in [0.25, 0.3) is 5.56 Å². The number of ether oxygens (including phenoxy) is 1. The molecule has 5 heteroatoms. The Balaban J connectivity index is 1.75. The summed E-state index contributed by atoms with van der Waals surface area (Å²) in [5.41, 5.74) is 1.15. The molecule has 3 rings (SSSR count). The van der Waals surface area contributed by atoms with Crippen LogP contribution in [0.1, 0.15) is 11.1 Å². The second kappa shape index (κ2) is 6.79. The highest BCUT2D eigenvalue weighted by Gasteiger charge is 2.03. The number of nitrogens with one attached hydrogen (secondary N) is 1.